The summed E-state index contributed by atoms with van der Waals surface area (Å²) in [6.45, 7) is 2.09. The molecule has 1 heterocycles. The van der Waals surface area contributed by atoms with Gasteiger partial charge in [0.25, 0.3) is 5.91 Å². The van der Waals surface area contributed by atoms with Crippen molar-refractivity contribution < 1.29 is 19.1 Å². The second-order valence-corrected chi connectivity index (χ2v) is 8.46. The summed E-state index contributed by atoms with van der Waals surface area (Å²) in [5.41, 5.74) is 1.95. The number of hydrogen-bond donors (Lipinski definition) is 1. The topological polar surface area (TPSA) is 64.6 Å². The molecule has 0 spiro atoms. The number of esters is 1. The molecule has 4 rings (SSSR count). The van der Waals surface area contributed by atoms with E-state index in [4.69, 9.17) is 9.47 Å². The highest BCUT2D eigenvalue weighted by molar-refractivity contribution is 7.17. The van der Waals surface area contributed by atoms with E-state index in [1.165, 1.54) is 16.2 Å². The Bertz CT molecular complexity index is 1070. The monoisotopic (exact) mass is 435 g/mol. The molecular formula is C25H25NO4S. The molecule has 0 radical (unpaired) electrons. The van der Waals surface area contributed by atoms with Crippen LogP contribution in [0.5, 0.6) is 11.5 Å². The Morgan fingerprint density at radius 2 is 1.71 bits per heavy atom. The summed E-state index contributed by atoms with van der Waals surface area (Å²) in [4.78, 5) is 27.1. The van der Waals surface area contributed by atoms with Crippen LogP contribution in [0.4, 0.5) is 5.00 Å². The van der Waals surface area contributed by atoms with Gasteiger partial charge in [-0.2, -0.15) is 0 Å². The number of benzene rings is 2. The summed E-state index contributed by atoms with van der Waals surface area (Å²) in [6.07, 6.45) is 5.04. The molecular weight excluding hydrogens is 410 g/mol. The van der Waals surface area contributed by atoms with E-state index in [2.05, 4.69) is 5.32 Å². The number of thiophene rings is 1. The third-order valence-corrected chi connectivity index (χ3v) is 6.44. The molecule has 1 aliphatic carbocycles. The molecule has 0 aliphatic heterocycles. The van der Waals surface area contributed by atoms with Crippen LogP contribution in [-0.2, 0) is 17.6 Å². The second kappa shape index (κ2) is 9.79. The van der Waals surface area contributed by atoms with Crippen LogP contribution >= 0.6 is 11.3 Å². The van der Waals surface area contributed by atoms with Crippen LogP contribution < -0.4 is 10.1 Å². The molecule has 1 N–H and O–H groups in total. The normalized spacial score (nSPS) is 13.1. The molecule has 0 atom stereocenters. The van der Waals surface area contributed by atoms with Crippen molar-refractivity contribution in [3.05, 3.63) is 76.2 Å². The van der Waals surface area contributed by atoms with Crippen molar-refractivity contribution in [3.63, 3.8) is 0 Å². The molecule has 5 nitrogen and oxygen atoms in total. The fourth-order valence-corrected chi connectivity index (χ4v) is 5.05. The van der Waals surface area contributed by atoms with Gasteiger partial charge in [0.15, 0.2) is 0 Å². The molecule has 0 saturated heterocycles. The van der Waals surface area contributed by atoms with Gasteiger partial charge in [0.1, 0.15) is 16.5 Å². The molecule has 0 unspecified atom stereocenters. The SMILES string of the molecule is CCOC(=O)c1c(NC(=O)c2ccccc2Oc2ccccc2)sc2c1CCCCC2. The van der Waals surface area contributed by atoms with Crippen LogP contribution in [0.2, 0.25) is 0 Å². The number of rotatable bonds is 6. The second-order valence-electron chi connectivity index (χ2n) is 7.35. The van der Waals surface area contributed by atoms with Gasteiger partial charge < -0.3 is 14.8 Å². The van der Waals surface area contributed by atoms with Gasteiger partial charge >= 0.3 is 5.97 Å². The van der Waals surface area contributed by atoms with E-state index < -0.39 is 0 Å². The van der Waals surface area contributed by atoms with Gasteiger partial charge in [0.05, 0.1) is 17.7 Å². The zero-order chi connectivity index (χ0) is 21.6. The van der Waals surface area contributed by atoms with Gasteiger partial charge in [0.2, 0.25) is 0 Å². The van der Waals surface area contributed by atoms with Crippen LogP contribution in [0.25, 0.3) is 0 Å². The van der Waals surface area contributed by atoms with E-state index in [0.29, 0.717) is 34.2 Å². The number of para-hydroxylation sites is 2. The van der Waals surface area contributed by atoms with Crippen molar-refractivity contribution in [2.24, 2.45) is 0 Å². The molecule has 0 saturated carbocycles. The standard InChI is InChI=1S/C25H25NO4S/c1-2-29-25(28)22-19-14-7-4-8-16-21(19)31-24(22)26-23(27)18-13-9-10-15-20(18)30-17-11-5-3-6-12-17/h3,5-6,9-13,15H,2,4,7-8,14,16H2,1H3,(H,26,27). The maximum Gasteiger partial charge on any atom is 0.341 e. The van der Waals surface area contributed by atoms with Gasteiger partial charge in [-0.3, -0.25) is 4.79 Å². The number of aryl methyl sites for hydroxylation is 1. The minimum Gasteiger partial charge on any atom is -0.462 e. The zero-order valence-corrected chi connectivity index (χ0v) is 18.3. The highest BCUT2D eigenvalue weighted by Crippen LogP contribution is 2.38. The van der Waals surface area contributed by atoms with E-state index in [0.717, 1.165) is 37.7 Å². The summed E-state index contributed by atoms with van der Waals surface area (Å²) in [5.74, 6) is 0.430. The highest BCUT2D eigenvalue weighted by atomic mass is 32.1. The van der Waals surface area contributed by atoms with E-state index in [1.807, 2.05) is 36.4 Å². The molecule has 3 aromatic rings. The number of carbonyl (C=O) groups is 2. The molecule has 1 aliphatic rings. The minimum absolute atomic E-state index is 0.296. The number of amides is 1. The number of hydrogen-bond acceptors (Lipinski definition) is 5. The van der Waals surface area contributed by atoms with Crippen molar-refractivity contribution in [2.45, 2.75) is 39.0 Å². The van der Waals surface area contributed by atoms with Gasteiger partial charge in [-0.05, 0) is 62.4 Å². The maximum absolute atomic E-state index is 13.2. The number of carbonyl (C=O) groups excluding carboxylic acids is 2. The Kier molecular flexibility index (Phi) is 6.67. The summed E-state index contributed by atoms with van der Waals surface area (Å²) in [5, 5.41) is 3.53. The van der Waals surface area contributed by atoms with Gasteiger partial charge in [-0.1, -0.05) is 36.8 Å². The summed E-state index contributed by atoms with van der Waals surface area (Å²) >= 11 is 1.49. The predicted octanol–water partition coefficient (Wildman–Crippen LogP) is 6.24. The van der Waals surface area contributed by atoms with Crippen LogP contribution in [-0.4, -0.2) is 18.5 Å². The Morgan fingerprint density at radius 1 is 0.968 bits per heavy atom. The van der Waals surface area contributed by atoms with Crippen LogP contribution in [0.1, 0.15) is 57.3 Å². The zero-order valence-electron chi connectivity index (χ0n) is 17.5. The fourth-order valence-electron chi connectivity index (χ4n) is 3.78. The number of anilines is 1. The van der Waals surface area contributed by atoms with Crippen molar-refractivity contribution in [1.82, 2.24) is 0 Å². The summed E-state index contributed by atoms with van der Waals surface area (Å²) in [7, 11) is 0. The first-order valence-corrected chi connectivity index (χ1v) is 11.4. The Hall–Kier alpha value is -3.12. The van der Waals surface area contributed by atoms with E-state index in [-0.39, 0.29) is 11.9 Å². The molecule has 2 aromatic carbocycles. The molecule has 1 aromatic heterocycles. The number of nitrogens with one attached hydrogen (secondary N) is 1. The third-order valence-electron chi connectivity index (χ3n) is 5.23. The van der Waals surface area contributed by atoms with Crippen LogP contribution in [0, 0.1) is 0 Å². The molecule has 6 heteroatoms. The van der Waals surface area contributed by atoms with Gasteiger partial charge in [-0.15, -0.1) is 11.3 Å². The van der Waals surface area contributed by atoms with Crippen molar-refractivity contribution in [2.75, 3.05) is 11.9 Å². The first kappa shape index (κ1) is 21.1. The molecule has 31 heavy (non-hydrogen) atoms. The van der Waals surface area contributed by atoms with Crippen molar-refractivity contribution >= 4 is 28.2 Å². The minimum atomic E-state index is -0.369. The average Bonchev–Trinajstić information content (AvgIpc) is 2.95. The Balaban J connectivity index is 1.64. The number of ether oxygens (including phenoxy) is 2. The largest absolute Gasteiger partial charge is 0.462 e. The molecule has 0 fully saturated rings. The van der Waals surface area contributed by atoms with Crippen molar-refractivity contribution in [1.29, 1.82) is 0 Å². The number of fused-ring (bicyclic) bond motifs is 1. The molecule has 160 valence electrons. The lowest BCUT2D eigenvalue weighted by molar-refractivity contribution is 0.0527. The first-order chi connectivity index (χ1) is 15.2. The van der Waals surface area contributed by atoms with E-state index in [9.17, 15) is 9.59 Å². The highest BCUT2D eigenvalue weighted by Gasteiger charge is 2.27. The fraction of sp³-hybridized carbons (Fsp3) is 0.280. The van der Waals surface area contributed by atoms with Gasteiger partial charge in [-0.25, -0.2) is 4.79 Å². The maximum atomic E-state index is 13.2. The predicted molar refractivity (Wildman–Crippen MR) is 122 cm³/mol. The van der Waals surface area contributed by atoms with E-state index >= 15 is 0 Å². The molecule has 0 bridgehead atoms. The van der Waals surface area contributed by atoms with Crippen LogP contribution in [0.3, 0.4) is 0 Å². The quantitative estimate of drug-likeness (QED) is 0.368. The van der Waals surface area contributed by atoms with E-state index in [1.54, 1.807) is 25.1 Å². The lowest BCUT2D eigenvalue weighted by Crippen LogP contribution is -2.16. The lowest BCUT2D eigenvalue weighted by Gasteiger charge is -2.12. The molecule has 1 amide bonds. The third kappa shape index (κ3) is 4.80. The van der Waals surface area contributed by atoms with Gasteiger partial charge in [0, 0.05) is 4.88 Å². The average molecular weight is 436 g/mol. The Morgan fingerprint density at radius 3 is 2.52 bits per heavy atom. The lowest BCUT2D eigenvalue weighted by atomic mass is 10.1. The first-order valence-electron chi connectivity index (χ1n) is 10.6. The smallest absolute Gasteiger partial charge is 0.341 e. The van der Waals surface area contributed by atoms with Crippen LogP contribution in [0.15, 0.2) is 54.6 Å². The summed E-state index contributed by atoms with van der Waals surface area (Å²) in [6, 6.07) is 16.4. The summed E-state index contributed by atoms with van der Waals surface area (Å²) < 4.78 is 11.2. The van der Waals surface area contributed by atoms with Crippen molar-refractivity contribution in [3.8, 4) is 11.5 Å². The Labute approximate surface area is 186 Å².